The first kappa shape index (κ1) is 7.92. The van der Waals surface area contributed by atoms with Crippen molar-refractivity contribution in [2.75, 3.05) is 0 Å². The molecule has 0 amide bonds. The zero-order valence-corrected chi connectivity index (χ0v) is 6.86. The minimum Gasteiger partial charge on any atom is -0.269 e. The number of rotatable bonds is 1. The van der Waals surface area contributed by atoms with Gasteiger partial charge in [0.05, 0.1) is 0 Å². The van der Waals surface area contributed by atoms with Crippen molar-refractivity contribution in [2.45, 2.75) is 13.8 Å². The Bertz CT molecular complexity index is 234. The fourth-order valence-electron chi connectivity index (χ4n) is 0.848. The molecule has 0 fully saturated rings. The number of hydrogen-bond acceptors (Lipinski definition) is 2. The monoisotopic (exact) mass is 148 g/mol. The second-order valence-electron chi connectivity index (χ2n) is 2.44. The molecule has 1 unspecified atom stereocenters. The molecule has 0 radical (unpaired) electrons. The van der Waals surface area contributed by atoms with E-state index in [0.29, 0.717) is 5.92 Å². The van der Waals surface area contributed by atoms with Gasteiger partial charge in [0, 0.05) is 30.7 Å². The highest BCUT2D eigenvalue weighted by Gasteiger charge is 2.04. The molecule has 1 aliphatic heterocycles. The summed E-state index contributed by atoms with van der Waals surface area (Å²) in [7, 11) is 0. The molecule has 1 rings (SSSR count). The summed E-state index contributed by atoms with van der Waals surface area (Å²) in [4.78, 5) is 8.05. The van der Waals surface area contributed by atoms with Crippen LogP contribution in [-0.4, -0.2) is 12.4 Å². The van der Waals surface area contributed by atoms with Crippen LogP contribution in [-0.2, 0) is 0 Å². The first-order valence-corrected chi connectivity index (χ1v) is 3.72. The quantitative estimate of drug-likeness (QED) is 0.509. The Hall–Kier alpha value is -1.18. The minimum atomic E-state index is 0.441. The maximum atomic E-state index is 4.03. The highest BCUT2D eigenvalue weighted by Crippen LogP contribution is 2.13. The lowest BCUT2D eigenvalue weighted by Gasteiger charge is -2.07. The summed E-state index contributed by atoms with van der Waals surface area (Å²) >= 11 is 0. The third-order valence-corrected chi connectivity index (χ3v) is 1.58. The molecular weight excluding hydrogens is 136 g/mol. The van der Waals surface area contributed by atoms with Gasteiger partial charge in [0.25, 0.3) is 0 Å². The summed E-state index contributed by atoms with van der Waals surface area (Å²) < 4.78 is 0. The lowest BCUT2D eigenvalue weighted by Crippen LogP contribution is -1.99. The second kappa shape index (κ2) is 3.86. The van der Waals surface area contributed by atoms with Gasteiger partial charge < -0.3 is 0 Å². The van der Waals surface area contributed by atoms with E-state index in [1.807, 2.05) is 25.5 Å². The largest absolute Gasteiger partial charge is 0.269 e. The summed E-state index contributed by atoms with van der Waals surface area (Å²) in [5, 5.41) is 0. The van der Waals surface area contributed by atoms with Gasteiger partial charge >= 0.3 is 0 Å². The van der Waals surface area contributed by atoms with Crippen LogP contribution in [0.2, 0.25) is 0 Å². The molecule has 2 nitrogen and oxygen atoms in total. The molecule has 1 heterocycles. The van der Waals surface area contributed by atoms with Gasteiger partial charge in [0.15, 0.2) is 0 Å². The van der Waals surface area contributed by atoms with E-state index in [1.54, 1.807) is 6.21 Å². The van der Waals surface area contributed by atoms with Crippen molar-refractivity contribution in [3.63, 3.8) is 0 Å². The van der Waals surface area contributed by atoms with Crippen molar-refractivity contribution in [2.24, 2.45) is 15.9 Å². The fraction of sp³-hybridized carbons (Fsp3) is 0.333. The topological polar surface area (TPSA) is 24.7 Å². The minimum absolute atomic E-state index is 0.441. The van der Waals surface area contributed by atoms with E-state index in [2.05, 4.69) is 23.0 Å². The maximum absolute atomic E-state index is 4.03. The zero-order valence-electron chi connectivity index (χ0n) is 6.86. The van der Waals surface area contributed by atoms with Crippen LogP contribution in [0.4, 0.5) is 0 Å². The Morgan fingerprint density at radius 2 is 2.45 bits per heavy atom. The molecule has 11 heavy (non-hydrogen) atoms. The lowest BCUT2D eigenvalue weighted by molar-refractivity contribution is 0.892. The molecule has 0 aliphatic carbocycles. The third-order valence-electron chi connectivity index (χ3n) is 1.58. The van der Waals surface area contributed by atoms with Crippen molar-refractivity contribution in [3.05, 3.63) is 24.0 Å². The second-order valence-corrected chi connectivity index (χ2v) is 2.44. The summed E-state index contributed by atoms with van der Waals surface area (Å²) in [5.41, 5.74) is 1.16. The summed E-state index contributed by atoms with van der Waals surface area (Å²) in [6, 6.07) is 0. The maximum Gasteiger partial charge on any atom is 0.0321 e. The molecule has 0 saturated carbocycles. The van der Waals surface area contributed by atoms with Crippen molar-refractivity contribution < 1.29 is 0 Å². The van der Waals surface area contributed by atoms with E-state index in [1.165, 1.54) is 0 Å². The van der Waals surface area contributed by atoms with Crippen LogP contribution in [0.3, 0.4) is 0 Å². The number of hydrogen-bond donors (Lipinski definition) is 0. The van der Waals surface area contributed by atoms with E-state index < -0.39 is 0 Å². The van der Waals surface area contributed by atoms with Gasteiger partial charge in [-0.25, -0.2) is 0 Å². The number of nitrogens with zero attached hydrogens (tertiary/aromatic N) is 2. The molecule has 0 aromatic carbocycles. The molecule has 0 spiro atoms. The Morgan fingerprint density at radius 1 is 1.64 bits per heavy atom. The predicted octanol–water partition coefficient (Wildman–Crippen LogP) is 2.20. The van der Waals surface area contributed by atoms with Gasteiger partial charge in [-0.1, -0.05) is 13.0 Å². The highest BCUT2D eigenvalue weighted by atomic mass is 14.7. The summed E-state index contributed by atoms with van der Waals surface area (Å²) in [6.45, 7) is 4.02. The van der Waals surface area contributed by atoms with E-state index >= 15 is 0 Å². The van der Waals surface area contributed by atoms with Crippen LogP contribution < -0.4 is 0 Å². The van der Waals surface area contributed by atoms with Crippen molar-refractivity contribution >= 4 is 12.4 Å². The van der Waals surface area contributed by atoms with Gasteiger partial charge in [-0.05, 0) is 12.5 Å². The van der Waals surface area contributed by atoms with Crippen molar-refractivity contribution in [3.8, 4) is 0 Å². The SMILES string of the molecule is C/C=N\C=C1\C=NC=CC1C. The highest BCUT2D eigenvalue weighted by molar-refractivity contribution is 5.81. The van der Waals surface area contributed by atoms with Crippen LogP contribution in [0.25, 0.3) is 0 Å². The van der Waals surface area contributed by atoms with E-state index in [0.717, 1.165) is 5.57 Å². The standard InChI is InChI=1S/C9H12N2/c1-3-10-6-9-7-11-5-4-8(9)2/h3-8H,1-2H3/b9-6-,10-3-. The lowest BCUT2D eigenvalue weighted by atomic mass is 10.0. The van der Waals surface area contributed by atoms with Gasteiger partial charge in [-0.3, -0.25) is 9.98 Å². The Balaban J connectivity index is 2.72. The Kier molecular flexibility index (Phi) is 2.78. The van der Waals surface area contributed by atoms with Crippen LogP contribution in [0.5, 0.6) is 0 Å². The molecule has 2 heteroatoms. The smallest absolute Gasteiger partial charge is 0.0321 e. The number of aliphatic imine (C=N–C) groups is 2. The number of allylic oxidation sites excluding steroid dienone is 2. The van der Waals surface area contributed by atoms with Crippen LogP contribution >= 0.6 is 0 Å². The first-order valence-electron chi connectivity index (χ1n) is 3.72. The van der Waals surface area contributed by atoms with Crippen LogP contribution in [0.1, 0.15) is 13.8 Å². The van der Waals surface area contributed by atoms with E-state index in [9.17, 15) is 0 Å². The predicted molar refractivity (Wildman–Crippen MR) is 49.0 cm³/mol. The third kappa shape index (κ3) is 2.15. The fourth-order valence-corrected chi connectivity index (χ4v) is 0.848. The average Bonchev–Trinajstić information content (AvgIpc) is 2.03. The van der Waals surface area contributed by atoms with E-state index in [-0.39, 0.29) is 0 Å². The van der Waals surface area contributed by atoms with Gasteiger partial charge in [-0.2, -0.15) is 0 Å². The first-order chi connectivity index (χ1) is 5.34. The molecule has 1 aliphatic rings. The zero-order chi connectivity index (χ0) is 8.10. The molecule has 0 aromatic heterocycles. The van der Waals surface area contributed by atoms with Gasteiger partial charge in [0.1, 0.15) is 0 Å². The molecule has 0 bridgehead atoms. The van der Waals surface area contributed by atoms with Crippen molar-refractivity contribution in [1.82, 2.24) is 0 Å². The van der Waals surface area contributed by atoms with Gasteiger partial charge in [0.2, 0.25) is 0 Å². The molecular formula is C9H12N2. The molecule has 0 saturated heterocycles. The Labute approximate surface area is 67.1 Å². The van der Waals surface area contributed by atoms with Crippen LogP contribution in [0, 0.1) is 5.92 Å². The molecule has 58 valence electrons. The van der Waals surface area contributed by atoms with Gasteiger partial charge in [-0.15, -0.1) is 0 Å². The van der Waals surface area contributed by atoms with Crippen LogP contribution in [0.15, 0.2) is 34.0 Å². The van der Waals surface area contributed by atoms with Crippen molar-refractivity contribution in [1.29, 1.82) is 0 Å². The summed E-state index contributed by atoms with van der Waals surface area (Å²) in [6.07, 6.45) is 9.33. The normalized spacial score (nSPS) is 27.1. The molecule has 0 aromatic rings. The molecule has 1 atom stereocenters. The molecule has 0 N–H and O–H groups in total. The summed E-state index contributed by atoms with van der Waals surface area (Å²) in [5.74, 6) is 0.441. The Morgan fingerprint density at radius 3 is 3.09 bits per heavy atom. The van der Waals surface area contributed by atoms with E-state index in [4.69, 9.17) is 0 Å². The average molecular weight is 148 g/mol.